The molecule has 8 heteroatoms. The van der Waals surface area contributed by atoms with Crippen molar-refractivity contribution in [3.63, 3.8) is 0 Å². The number of esters is 1. The van der Waals surface area contributed by atoms with Crippen LogP contribution in [0.3, 0.4) is 0 Å². The van der Waals surface area contributed by atoms with Gasteiger partial charge in [-0.05, 0) is 11.1 Å². The van der Waals surface area contributed by atoms with Crippen molar-refractivity contribution < 1.29 is 29.1 Å². The zero-order valence-corrected chi connectivity index (χ0v) is 11.8. The van der Waals surface area contributed by atoms with Crippen LogP contribution in [-0.4, -0.2) is 53.3 Å². The zero-order valence-electron chi connectivity index (χ0n) is 11.8. The number of carbonyl (C=O) groups is 3. The van der Waals surface area contributed by atoms with Crippen LogP contribution in [-0.2, 0) is 19.2 Å². The number of rotatable bonds is 4. The Morgan fingerprint density at radius 1 is 1.32 bits per heavy atom. The van der Waals surface area contributed by atoms with E-state index >= 15 is 0 Å². The maximum Gasteiger partial charge on any atom is 0.345 e. The molecule has 0 spiro atoms. The third kappa shape index (κ3) is 2.08. The van der Waals surface area contributed by atoms with E-state index in [-0.39, 0.29) is 6.54 Å². The van der Waals surface area contributed by atoms with Crippen molar-refractivity contribution in [1.82, 2.24) is 9.96 Å². The molecule has 2 aliphatic heterocycles. The number of hydroxylamine groups is 2. The molecule has 1 fully saturated rings. The molecule has 22 heavy (non-hydrogen) atoms. The lowest BCUT2D eigenvalue weighted by Gasteiger charge is -2.30. The Balaban J connectivity index is 2.00. The molecule has 0 aromatic heterocycles. The van der Waals surface area contributed by atoms with E-state index < -0.39 is 36.7 Å². The molecule has 8 nitrogen and oxygen atoms in total. The van der Waals surface area contributed by atoms with Crippen molar-refractivity contribution in [2.75, 3.05) is 20.3 Å². The topological polar surface area (TPSA) is 96.4 Å². The molecule has 3 rings (SSSR count). The van der Waals surface area contributed by atoms with Gasteiger partial charge in [-0.1, -0.05) is 24.3 Å². The fourth-order valence-corrected chi connectivity index (χ4v) is 2.91. The molecule has 1 aromatic rings. The molecule has 2 amide bonds. The summed E-state index contributed by atoms with van der Waals surface area (Å²) >= 11 is 0. The molecule has 2 aliphatic rings. The number of carbonyl (C=O) groups excluding carboxylic acids is 2. The number of carboxylic acid groups (broad SMARTS) is 1. The standard InChI is InChI=1S/C14H14N2O6/c1-21-13(19)12-9-5-3-2-4-8(9)10-6-15(12)14(20)16(10)22-7-11(17)18/h2-5,10,12H,6-7H2,1H3,(H,17,18). The first-order valence-electron chi connectivity index (χ1n) is 6.65. The van der Waals surface area contributed by atoms with Crippen LogP contribution in [0.15, 0.2) is 24.3 Å². The van der Waals surface area contributed by atoms with Gasteiger partial charge < -0.3 is 14.7 Å². The van der Waals surface area contributed by atoms with Gasteiger partial charge in [-0.3, -0.25) is 4.84 Å². The van der Waals surface area contributed by atoms with E-state index in [0.717, 1.165) is 10.6 Å². The van der Waals surface area contributed by atoms with E-state index in [2.05, 4.69) is 0 Å². The molecule has 1 N–H and O–H groups in total. The van der Waals surface area contributed by atoms with Gasteiger partial charge in [0.1, 0.15) is 6.04 Å². The Morgan fingerprint density at radius 3 is 2.64 bits per heavy atom. The van der Waals surface area contributed by atoms with Crippen LogP contribution in [0.1, 0.15) is 23.2 Å². The van der Waals surface area contributed by atoms with Crippen molar-refractivity contribution in [1.29, 1.82) is 0 Å². The minimum atomic E-state index is -1.18. The number of urea groups is 1. The molecule has 2 bridgehead atoms. The number of carboxylic acids is 1. The molecular weight excluding hydrogens is 292 g/mol. The van der Waals surface area contributed by atoms with Crippen molar-refractivity contribution in [3.8, 4) is 0 Å². The summed E-state index contributed by atoms with van der Waals surface area (Å²) < 4.78 is 4.79. The van der Waals surface area contributed by atoms with Crippen LogP contribution in [0.5, 0.6) is 0 Å². The second-order valence-electron chi connectivity index (χ2n) is 5.00. The Morgan fingerprint density at radius 2 is 2.00 bits per heavy atom. The quantitative estimate of drug-likeness (QED) is 0.823. The minimum Gasteiger partial charge on any atom is -0.479 e. The maximum absolute atomic E-state index is 12.4. The first kappa shape index (κ1) is 14.3. The van der Waals surface area contributed by atoms with E-state index in [1.165, 1.54) is 12.0 Å². The lowest BCUT2D eigenvalue weighted by molar-refractivity contribution is -0.167. The van der Waals surface area contributed by atoms with Gasteiger partial charge in [0, 0.05) is 0 Å². The fraction of sp³-hybridized carbons (Fsp3) is 0.357. The Hall–Kier alpha value is -2.61. The predicted octanol–water partition coefficient (Wildman–Crippen LogP) is 0.709. The summed E-state index contributed by atoms with van der Waals surface area (Å²) in [5.74, 6) is -1.72. The van der Waals surface area contributed by atoms with Crippen LogP contribution in [0, 0.1) is 0 Å². The van der Waals surface area contributed by atoms with Crippen LogP contribution < -0.4 is 0 Å². The van der Waals surface area contributed by atoms with Crippen molar-refractivity contribution in [3.05, 3.63) is 35.4 Å². The highest BCUT2D eigenvalue weighted by atomic mass is 16.7. The molecule has 116 valence electrons. The van der Waals surface area contributed by atoms with Gasteiger partial charge in [0.25, 0.3) is 0 Å². The van der Waals surface area contributed by atoms with Gasteiger partial charge in [0.15, 0.2) is 12.6 Å². The number of methoxy groups -OCH3 is 1. The largest absolute Gasteiger partial charge is 0.479 e. The normalized spacial score (nSPS) is 22.5. The summed E-state index contributed by atoms with van der Waals surface area (Å²) in [6.45, 7) is -0.379. The van der Waals surface area contributed by atoms with Gasteiger partial charge >= 0.3 is 18.0 Å². The van der Waals surface area contributed by atoms with Gasteiger partial charge in [-0.25, -0.2) is 14.4 Å². The van der Waals surface area contributed by atoms with Gasteiger partial charge in [-0.15, -0.1) is 0 Å². The summed E-state index contributed by atoms with van der Waals surface area (Å²) in [5, 5.41) is 9.75. The second-order valence-corrected chi connectivity index (χ2v) is 5.00. The second kappa shape index (κ2) is 5.30. The van der Waals surface area contributed by atoms with E-state index in [9.17, 15) is 14.4 Å². The number of aliphatic carboxylic acids is 1. The fourth-order valence-electron chi connectivity index (χ4n) is 2.91. The first-order chi connectivity index (χ1) is 10.5. The van der Waals surface area contributed by atoms with Crippen LogP contribution in [0.25, 0.3) is 0 Å². The van der Waals surface area contributed by atoms with Crippen LogP contribution in [0.4, 0.5) is 4.79 Å². The van der Waals surface area contributed by atoms with E-state index in [1.54, 1.807) is 24.3 Å². The smallest absolute Gasteiger partial charge is 0.345 e. The summed E-state index contributed by atoms with van der Waals surface area (Å²) in [6.07, 6.45) is 0. The Labute approximate surface area is 125 Å². The maximum atomic E-state index is 12.4. The van der Waals surface area contributed by atoms with Crippen molar-refractivity contribution >= 4 is 18.0 Å². The molecule has 1 saturated heterocycles. The number of amides is 2. The lowest BCUT2D eigenvalue weighted by Crippen LogP contribution is -2.39. The molecular formula is C14H14N2O6. The highest BCUT2D eigenvalue weighted by Crippen LogP contribution is 2.44. The van der Waals surface area contributed by atoms with Crippen LogP contribution in [0.2, 0.25) is 0 Å². The molecule has 1 aromatic carbocycles. The molecule has 2 unspecified atom stereocenters. The van der Waals surface area contributed by atoms with Gasteiger partial charge in [0.05, 0.1) is 13.7 Å². The van der Waals surface area contributed by atoms with E-state index in [1.807, 2.05) is 0 Å². The minimum absolute atomic E-state index is 0.245. The van der Waals surface area contributed by atoms with Crippen molar-refractivity contribution in [2.24, 2.45) is 0 Å². The van der Waals surface area contributed by atoms with E-state index in [0.29, 0.717) is 5.56 Å². The molecule has 2 heterocycles. The molecule has 0 radical (unpaired) electrons. The summed E-state index contributed by atoms with van der Waals surface area (Å²) in [5.41, 5.74) is 1.42. The third-order valence-corrected chi connectivity index (χ3v) is 3.80. The number of ether oxygens (including phenoxy) is 1. The average Bonchev–Trinajstić information content (AvgIpc) is 2.79. The number of fused-ring (bicyclic) bond motifs is 4. The third-order valence-electron chi connectivity index (χ3n) is 3.80. The molecule has 0 saturated carbocycles. The highest BCUT2D eigenvalue weighted by molar-refractivity contribution is 5.88. The van der Waals surface area contributed by atoms with Crippen LogP contribution >= 0.6 is 0 Å². The SMILES string of the molecule is COC(=O)C1c2ccccc2C2CN1C(=O)N2OCC(=O)O. The lowest BCUT2D eigenvalue weighted by atomic mass is 9.91. The number of benzene rings is 1. The number of hydrogen-bond donors (Lipinski definition) is 1. The average molecular weight is 306 g/mol. The molecule has 0 aliphatic carbocycles. The molecule has 2 atom stereocenters. The van der Waals surface area contributed by atoms with E-state index in [4.69, 9.17) is 14.7 Å². The Bertz CT molecular complexity index is 646. The van der Waals surface area contributed by atoms with Crippen molar-refractivity contribution in [2.45, 2.75) is 12.1 Å². The monoisotopic (exact) mass is 306 g/mol. The summed E-state index contributed by atoms with van der Waals surface area (Å²) in [6, 6.07) is 5.28. The van der Waals surface area contributed by atoms with Gasteiger partial charge in [0.2, 0.25) is 0 Å². The summed E-state index contributed by atoms with van der Waals surface area (Å²) in [7, 11) is 1.26. The predicted molar refractivity (Wildman–Crippen MR) is 71.5 cm³/mol. The highest BCUT2D eigenvalue weighted by Gasteiger charge is 2.51. The number of nitrogens with zero attached hydrogens (tertiary/aromatic N) is 2. The first-order valence-corrected chi connectivity index (χ1v) is 6.65. The zero-order chi connectivity index (χ0) is 15.9. The van der Waals surface area contributed by atoms with Gasteiger partial charge in [-0.2, -0.15) is 5.06 Å². The number of hydrogen-bond acceptors (Lipinski definition) is 5. The summed E-state index contributed by atoms with van der Waals surface area (Å²) in [4.78, 5) is 41.6. The Kier molecular flexibility index (Phi) is 3.45.